The van der Waals surface area contributed by atoms with Crippen LogP contribution in [0.4, 0.5) is 5.69 Å². The van der Waals surface area contributed by atoms with E-state index in [4.69, 9.17) is 0 Å². The lowest BCUT2D eigenvalue weighted by Crippen LogP contribution is -2.32. The Labute approximate surface area is 156 Å². The summed E-state index contributed by atoms with van der Waals surface area (Å²) >= 11 is 0. The van der Waals surface area contributed by atoms with Crippen molar-refractivity contribution in [1.29, 1.82) is 0 Å². The van der Waals surface area contributed by atoms with Crippen LogP contribution in [0.3, 0.4) is 0 Å². The van der Waals surface area contributed by atoms with Gasteiger partial charge in [-0.3, -0.25) is 4.79 Å². The van der Waals surface area contributed by atoms with Crippen molar-refractivity contribution in [2.24, 2.45) is 11.8 Å². The summed E-state index contributed by atoms with van der Waals surface area (Å²) in [5.74, 6) is 0.717. The van der Waals surface area contributed by atoms with Crippen molar-refractivity contribution < 1.29 is 9.90 Å². The summed E-state index contributed by atoms with van der Waals surface area (Å²) < 4.78 is 0. The summed E-state index contributed by atoms with van der Waals surface area (Å²) in [7, 11) is 0. The highest BCUT2D eigenvalue weighted by atomic mass is 16.3. The number of rotatable bonds is 5. The molecule has 2 atom stereocenters. The summed E-state index contributed by atoms with van der Waals surface area (Å²) in [4.78, 5) is 19.8. The van der Waals surface area contributed by atoms with Gasteiger partial charge in [-0.1, -0.05) is 0 Å². The van der Waals surface area contributed by atoms with E-state index in [0.29, 0.717) is 12.5 Å². The standard InChI is InChI=1S/C21H31N3O2/c25-16-19-15-24(14-18(19)13-22-9-1-2-10-22)21(26)17-5-7-20(8-6-17)23-11-3-4-12-23/h5-8,18-19,25H,1-4,9-16H2/t18-,19-/m1/s1. The van der Waals surface area contributed by atoms with Crippen LogP contribution >= 0.6 is 0 Å². The van der Waals surface area contributed by atoms with Gasteiger partial charge in [0.25, 0.3) is 5.91 Å². The minimum absolute atomic E-state index is 0.111. The number of nitrogens with zero attached hydrogens (tertiary/aromatic N) is 3. The van der Waals surface area contributed by atoms with Crippen LogP contribution in [0.1, 0.15) is 36.0 Å². The SMILES string of the molecule is O=C(c1ccc(N2CCCC2)cc1)N1C[C@@H](CN2CCCC2)[C@@H](CO)C1. The van der Waals surface area contributed by atoms with Gasteiger partial charge < -0.3 is 19.8 Å². The molecule has 3 heterocycles. The fourth-order valence-corrected chi connectivity index (χ4v) is 4.79. The molecule has 3 saturated heterocycles. The van der Waals surface area contributed by atoms with Gasteiger partial charge in [-0.2, -0.15) is 0 Å². The summed E-state index contributed by atoms with van der Waals surface area (Å²) in [5, 5.41) is 9.78. The van der Waals surface area contributed by atoms with Gasteiger partial charge in [0.2, 0.25) is 0 Å². The molecule has 4 rings (SSSR count). The molecule has 3 aliphatic heterocycles. The van der Waals surface area contributed by atoms with Gasteiger partial charge in [-0.25, -0.2) is 0 Å². The Morgan fingerprint density at radius 1 is 0.923 bits per heavy atom. The normalized spacial score (nSPS) is 26.8. The number of carbonyl (C=O) groups excluding carboxylic acids is 1. The van der Waals surface area contributed by atoms with Crippen LogP contribution in [-0.4, -0.2) is 73.2 Å². The zero-order valence-corrected chi connectivity index (χ0v) is 15.6. The maximum absolute atomic E-state index is 12.9. The Kier molecular flexibility index (Phi) is 5.46. The first-order chi connectivity index (χ1) is 12.7. The van der Waals surface area contributed by atoms with Crippen molar-refractivity contribution in [2.75, 3.05) is 57.3 Å². The lowest BCUT2D eigenvalue weighted by Gasteiger charge is -2.23. The molecule has 1 aromatic carbocycles. The van der Waals surface area contributed by atoms with E-state index in [2.05, 4.69) is 21.9 Å². The molecule has 0 saturated carbocycles. The molecule has 1 amide bonds. The fraction of sp³-hybridized carbons (Fsp3) is 0.667. The quantitative estimate of drug-likeness (QED) is 0.876. The third-order valence-electron chi connectivity index (χ3n) is 6.38. The van der Waals surface area contributed by atoms with Crippen LogP contribution in [0.2, 0.25) is 0 Å². The Hall–Kier alpha value is -1.59. The monoisotopic (exact) mass is 357 g/mol. The number of aliphatic hydroxyl groups excluding tert-OH is 1. The van der Waals surface area contributed by atoms with Gasteiger partial charge in [0.1, 0.15) is 0 Å². The van der Waals surface area contributed by atoms with E-state index in [-0.39, 0.29) is 18.4 Å². The molecule has 0 unspecified atom stereocenters. The molecule has 0 aromatic heterocycles. The Morgan fingerprint density at radius 3 is 2.19 bits per heavy atom. The fourth-order valence-electron chi connectivity index (χ4n) is 4.79. The number of hydrogen-bond acceptors (Lipinski definition) is 4. The predicted molar refractivity (Wildman–Crippen MR) is 104 cm³/mol. The largest absolute Gasteiger partial charge is 0.396 e. The van der Waals surface area contributed by atoms with Crippen LogP contribution in [0, 0.1) is 11.8 Å². The second-order valence-electron chi connectivity index (χ2n) is 8.16. The molecule has 142 valence electrons. The summed E-state index contributed by atoms with van der Waals surface area (Å²) in [6.45, 7) is 7.22. The zero-order valence-electron chi connectivity index (χ0n) is 15.6. The van der Waals surface area contributed by atoms with Crippen LogP contribution in [0.25, 0.3) is 0 Å². The van der Waals surface area contributed by atoms with Crippen molar-refractivity contribution in [3.8, 4) is 0 Å². The number of hydrogen-bond donors (Lipinski definition) is 1. The first-order valence-corrected chi connectivity index (χ1v) is 10.2. The lowest BCUT2D eigenvalue weighted by molar-refractivity contribution is 0.0779. The molecule has 3 aliphatic rings. The van der Waals surface area contributed by atoms with E-state index in [9.17, 15) is 9.90 Å². The summed E-state index contributed by atoms with van der Waals surface area (Å²) in [6, 6.07) is 8.11. The first kappa shape index (κ1) is 17.8. The lowest BCUT2D eigenvalue weighted by atomic mass is 9.96. The maximum atomic E-state index is 12.9. The summed E-state index contributed by atoms with van der Waals surface area (Å²) in [5.41, 5.74) is 1.99. The highest BCUT2D eigenvalue weighted by molar-refractivity contribution is 5.94. The molecule has 0 radical (unpaired) electrons. The van der Waals surface area contributed by atoms with E-state index in [0.717, 1.165) is 31.7 Å². The van der Waals surface area contributed by atoms with Crippen LogP contribution in [0.5, 0.6) is 0 Å². The van der Waals surface area contributed by atoms with E-state index in [1.807, 2.05) is 17.0 Å². The van der Waals surface area contributed by atoms with Crippen molar-refractivity contribution in [3.63, 3.8) is 0 Å². The zero-order chi connectivity index (χ0) is 17.9. The number of aliphatic hydroxyl groups is 1. The molecule has 5 heteroatoms. The van der Waals surface area contributed by atoms with Crippen molar-refractivity contribution in [1.82, 2.24) is 9.80 Å². The van der Waals surface area contributed by atoms with Crippen molar-refractivity contribution in [2.45, 2.75) is 25.7 Å². The number of carbonyl (C=O) groups is 1. The van der Waals surface area contributed by atoms with E-state index in [1.165, 1.54) is 44.5 Å². The minimum Gasteiger partial charge on any atom is -0.396 e. The highest BCUT2D eigenvalue weighted by Crippen LogP contribution is 2.27. The minimum atomic E-state index is 0.111. The second-order valence-corrected chi connectivity index (χ2v) is 8.16. The van der Waals surface area contributed by atoms with E-state index >= 15 is 0 Å². The molecular formula is C21H31N3O2. The van der Waals surface area contributed by atoms with Gasteiger partial charge in [0, 0.05) is 56.5 Å². The summed E-state index contributed by atoms with van der Waals surface area (Å²) in [6.07, 6.45) is 5.08. The smallest absolute Gasteiger partial charge is 0.253 e. The average molecular weight is 357 g/mol. The first-order valence-electron chi connectivity index (χ1n) is 10.2. The molecule has 0 aliphatic carbocycles. The third-order valence-corrected chi connectivity index (χ3v) is 6.38. The van der Waals surface area contributed by atoms with Crippen LogP contribution in [0.15, 0.2) is 24.3 Å². The Morgan fingerprint density at radius 2 is 1.54 bits per heavy atom. The molecule has 0 bridgehead atoms. The maximum Gasteiger partial charge on any atom is 0.253 e. The number of anilines is 1. The van der Waals surface area contributed by atoms with Gasteiger partial charge in [-0.05, 0) is 69.0 Å². The molecule has 1 aromatic rings. The van der Waals surface area contributed by atoms with Crippen molar-refractivity contribution >= 4 is 11.6 Å². The Balaban J connectivity index is 1.39. The molecule has 0 spiro atoms. The van der Waals surface area contributed by atoms with E-state index in [1.54, 1.807) is 0 Å². The third kappa shape index (κ3) is 3.74. The molecule has 26 heavy (non-hydrogen) atoms. The predicted octanol–water partition coefficient (Wildman–Crippen LogP) is 2.06. The van der Waals surface area contributed by atoms with E-state index < -0.39 is 0 Å². The number of amides is 1. The molecule has 3 fully saturated rings. The topological polar surface area (TPSA) is 47.0 Å². The van der Waals surface area contributed by atoms with Crippen LogP contribution < -0.4 is 4.90 Å². The van der Waals surface area contributed by atoms with Crippen LogP contribution in [-0.2, 0) is 0 Å². The molecule has 1 N–H and O–H groups in total. The van der Waals surface area contributed by atoms with Crippen molar-refractivity contribution in [3.05, 3.63) is 29.8 Å². The number of likely N-dealkylation sites (tertiary alicyclic amines) is 2. The Bertz CT molecular complexity index is 606. The second kappa shape index (κ2) is 7.97. The molecular weight excluding hydrogens is 326 g/mol. The van der Waals surface area contributed by atoms with Gasteiger partial charge >= 0.3 is 0 Å². The number of benzene rings is 1. The highest BCUT2D eigenvalue weighted by Gasteiger charge is 2.36. The molecule has 5 nitrogen and oxygen atoms in total. The van der Waals surface area contributed by atoms with Gasteiger partial charge in [-0.15, -0.1) is 0 Å². The average Bonchev–Trinajstić information content (AvgIpc) is 3.43. The van der Waals surface area contributed by atoms with Gasteiger partial charge in [0.05, 0.1) is 0 Å². The van der Waals surface area contributed by atoms with Gasteiger partial charge in [0.15, 0.2) is 0 Å².